The fraction of sp³-hybridized carbons (Fsp3) is 0.333. The summed E-state index contributed by atoms with van der Waals surface area (Å²) < 4.78 is 5.12. The molecule has 1 N–H and O–H groups in total. The first kappa shape index (κ1) is 16.8. The van der Waals surface area contributed by atoms with Crippen LogP contribution in [0.15, 0.2) is 48.5 Å². The van der Waals surface area contributed by atoms with E-state index in [0.717, 1.165) is 12.8 Å². The average Bonchev–Trinajstić information content (AvgIpc) is 3.39. The van der Waals surface area contributed by atoms with Gasteiger partial charge >= 0.3 is 0 Å². The summed E-state index contributed by atoms with van der Waals surface area (Å²) in [5.74, 6) is 0.287. The fourth-order valence-corrected chi connectivity index (χ4v) is 3.69. The zero-order valence-electron chi connectivity index (χ0n) is 14.6. The Balaban J connectivity index is 1.62. The second-order valence-corrected chi connectivity index (χ2v) is 7.17. The molecule has 2 aliphatic rings. The van der Waals surface area contributed by atoms with E-state index in [1.807, 2.05) is 0 Å². The van der Waals surface area contributed by atoms with Gasteiger partial charge in [-0.15, -0.1) is 0 Å². The minimum absolute atomic E-state index is 0.107. The summed E-state index contributed by atoms with van der Waals surface area (Å²) in [5, 5.41) is 10.2. The molecule has 1 atom stereocenters. The normalized spacial score (nSPS) is 20.2. The minimum atomic E-state index is -0.462. The molecule has 1 saturated carbocycles. The molecule has 1 saturated heterocycles. The number of rotatable bonds is 4. The molecule has 1 heterocycles. The maximum Gasteiger partial charge on any atom is 0.254 e. The van der Waals surface area contributed by atoms with Crippen LogP contribution >= 0.6 is 0 Å². The SMILES string of the molecule is COc1ccc(C(=O)c2ccccc2C(=O)N2CC(O)C3(CC3)C2)cc1. The number of nitrogens with zero attached hydrogens (tertiary/aromatic N) is 1. The number of aliphatic hydroxyl groups excluding tert-OH is 1. The molecular formula is C21H21NO4. The van der Waals surface area contributed by atoms with Crippen LogP contribution in [0.25, 0.3) is 0 Å². The van der Waals surface area contributed by atoms with Crippen LogP contribution in [-0.4, -0.2) is 48.0 Å². The van der Waals surface area contributed by atoms with Crippen LogP contribution in [0.5, 0.6) is 5.75 Å². The summed E-state index contributed by atoms with van der Waals surface area (Å²) in [4.78, 5) is 27.6. The van der Waals surface area contributed by atoms with Crippen molar-refractivity contribution >= 4 is 11.7 Å². The van der Waals surface area contributed by atoms with Gasteiger partial charge in [-0.2, -0.15) is 0 Å². The van der Waals surface area contributed by atoms with Gasteiger partial charge in [0.1, 0.15) is 5.75 Å². The number of carbonyl (C=O) groups is 2. The van der Waals surface area contributed by atoms with Crippen LogP contribution < -0.4 is 4.74 Å². The lowest BCUT2D eigenvalue weighted by Gasteiger charge is -2.18. The first-order valence-electron chi connectivity index (χ1n) is 8.79. The third kappa shape index (κ3) is 2.78. The van der Waals surface area contributed by atoms with Gasteiger partial charge in [0.2, 0.25) is 0 Å². The molecule has 0 radical (unpaired) electrons. The van der Waals surface area contributed by atoms with Gasteiger partial charge in [-0.1, -0.05) is 18.2 Å². The Labute approximate surface area is 152 Å². The highest BCUT2D eigenvalue weighted by Crippen LogP contribution is 2.52. The molecule has 26 heavy (non-hydrogen) atoms. The Morgan fingerprint density at radius 2 is 1.73 bits per heavy atom. The van der Waals surface area contributed by atoms with Crippen molar-refractivity contribution in [3.8, 4) is 5.75 Å². The summed E-state index contributed by atoms with van der Waals surface area (Å²) in [6.45, 7) is 0.905. The predicted octanol–water partition coefficient (Wildman–Crippen LogP) is 2.52. The average molecular weight is 351 g/mol. The van der Waals surface area contributed by atoms with Crippen molar-refractivity contribution in [3.05, 3.63) is 65.2 Å². The molecule has 1 unspecified atom stereocenters. The molecule has 2 fully saturated rings. The van der Waals surface area contributed by atoms with E-state index in [9.17, 15) is 14.7 Å². The number of likely N-dealkylation sites (tertiary alicyclic amines) is 1. The molecule has 0 bridgehead atoms. The molecule has 0 aromatic heterocycles. The van der Waals surface area contributed by atoms with Gasteiger partial charge in [0.25, 0.3) is 5.91 Å². The number of methoxy groups -OCH3 is 1. The molecule has 5 heteroatoms. The Bertz CT molecular complexity index is 855. The van der Waals surface area contributed by atoms with E-state index in [4.69, 9.17) is 4.74 Å². The number of carbonyl (C=O) groups excluding carboxylic acids is 2. The maximum absolute atomic E-state index is 13.0. The van der Waals surface area contributed by atoms with Crippen molar-refractivity contribution in [3.63, 3.8) is 0 Å². The third-order valence-electron chi connectivity index (χ3n) is 5.54. The smallest absolute Gasteiger partial charge is 0.254 e. The Kier molecular flexibility index (Phi) is 4.04. The lowest BCUT2D eigenvalue weighted by Crippen LogP contribution is -2.31. The first-order chi connectivity index (χ1) is 12.5. The van der Waals surface area contributed by atoms with Gasteiger partial charge in [0.15, 0.2) is 5.78 Å². The number of hydrogen-bond donors (Lipinski definition) is 1. The van der Waals surface area contributed by atoms with Crippen molar-refractivity contribution in [1.82, 2.24) is 4.90 Å². The van der Waals surface area contributed by atoms with Gasteiger partial charge < -0.3 is 14.7 Å². The van der Waals surface area contributed by atoms with Gasteiger partial charge in [0.05, 0.1) is 18.8 Å². The summed E-state index contributed by atoms with van der Waals surface area (Å²) >= 11 is 0. The molecule has 2 aromatic carbocycles. The van der Waals surface area contributed by atoms with E-state index in [0.29, 0.717) is 35.5 Å². The largest absolute Gasteiger partial charge is 0.497 e. The van der Waals surface area contributed by atoms with E-state index in [1.54, 1.807) is 60.5 Å². The van der Waals surface area contributed by atoms with E-state index < -0.39 is 6.10 Å². The molecule has 1 amide bonds. The molecular weight excluding hydrogens is 330 g/mol. The van der Waals surface area contributed by atoms with Crippen LogP contribution in [0.1, 0.15) is 39.1 Å². The van der Waals surface area contributed by atoms with E-state index in [2.05, 4.69) is 0 Å². The molecule has 134 valence electrons. The molecule has 5 nitrogen and oxygen atoms in total. The molecule has 1 aliphatic carbocycles. The number of β-amino-alcohol motifs (C(OH)–C–C–N with tert-alkyl or cyclic N) is 1. The van der Waals surface area contributed by atoms with Crippen molar-refractivity contribution < 1.29 is 19.4 Å². The van der Waals surface area contributed by atoms with Crippen LogP contribution in [0.4, 0.5) is 0 Å². The molecule has 1 spiro atoms. The quantitative estimate of drug-likeness (QED) is 0.860. The predicted molar refractivity (Wildman–Crippen MR) is 96.4 cm³/mol. The van der Waals surface area contributed by atoms with Crippen molar-refractivity contribution in [2.24, 2.45) is 5.41 Å². The van der Waals surface area contributed by atoms with Crippen LogP contribution in [-0.2, 0) is 0 Å². The number of aliphatic hydroxyl groups is 1. The summed E-state index contributed by atoms with van der Waals surface area (Å²) in [6.07, 6.45) is 1.46. The first-order valence-corrected chi connectivity index (χ1v) is 8.79. The zero-order chi connectivity index (χ0) is 18.3. The Morgan fingerprint density at radius 1 is 1.08 bits per heavy atom. The van der Waals surface area contributed by atoms with Gasteiger partial charge in [-0.25, -0.2) is 0 Å². The fourth-order valence-electron chi connectivity index (χ4n) is 3.69. The number of hydrogen-bond acceptors (Lipinski definition) is 4. The number of benzene rings is 2. The van der Waals surface area contributed by atoms with E-state index in [-0.39, 0.29) is 17.1 Å². The zero-order valence-corrected chi connectivity index (χ0v) is 14.6. The van der Waals surface area contributed by atoms with E-state index in [1.165, 1.54) is 0 Å². The lowest BCUT2D eigenvalue weighted by atomic mass is 9.97. The van der Waals surface area contributed by atoms with Gasteiger partial charge in [-0.05, 0) is 43.2 Å². The monoisotopic (exact) mass is 351 g/mol. The second kappa shape index (κ2) is 6.25. The minimum Gasteiger partial charge on any atom is -0.497 e. The number of ketones is 1. The standard InChI is InChI=1S/C21H21NO4/c1-26-15-8-6-14(7-9-15)19(24)16-4-2-3-5-17(16)20(25)22-12-18(23)21(13-22)10-11-21/h2-9,18,23H,10-13H2,1H3. The summed E-state index contributed by atoms with van der Waals surface area (Å²) in [6, 6.07) is 13.7. The van der Waals surface area contributed by atoms with E-state index >= 15 is 0 Å². The van der Waals surface area contributed by atoms with Gasteiger partial charge in [-0.3, -0.25) is 9.59 Å². The maximum atomic E-state index is 13.0. The van der Waals surface area contributed by atoms with Crippen LogP contribution in [0, 0.1) is 5.41 Å². The number of amides is 1. The highest BCUT2D eigenvalue weighted by molar-refractivity contribution is 6.15. The Morgan fingerprint density at radius 3 is 2.31 bits per heavy atom. The van der Waals surface area contributed by atoms with Crippen LogP contribution in [0.3, 0.4) is 0 Å². The highest BCUT2D eigenvalue weighted by Gasteiger charge is 2.55. The number of ether oxygens (including phenoxy) is 1. The Hall–Kier alpha value is -2.66. The highest BCUT2D eigenvalue weighted by atomic mass is 16.5. The van der Waals surface area contributed by atoms with Crippen molar-refractivity contribution in [1.29, 1.82) is 0 Å². The summed E-state index contributed by atoms with van der Waals surface area (Å²) in [5.41, 5.74) is 1.17. The van der Waals surface area contributed by atoms with Crippen molar-refractivity contribution in [2.45, 2.75) is 18.9 Å². The lowest BCUT2D eigenvalue weighted by molar-refractivity contribution is 0.0760. The second-order valence-electron chi connectivity index (χ2n) is 7.17. The third-order valence-corrected chi connectivity index (χ3v) is 5.54. The molecule has 2 aromatic rings. The molecule has 1 aliphatic heterocycles. The van der Waals surface area contributed by atoms with Crippen LogP contribution in [0.2, 0.25) is 0 Å². The van der Waals surface area contributed by atoms with Gasteiger partial charge in [0, 0.05) is 29.6 Å². The summed E-state index contributed by atoms with van der Waals surface area (Å²) in [7, 11) is 1.57. The molecule has 4 rings (SSSR count). The topological polar surface area (TPSA) is 66.8 Å². The van der Waals surface area contributed by atoms with Crippen molar-refractivity contribution in [2.75, 3.05) is 20.2 Å².